The van der Waals surface area contributed by atoms with Gasteiger partial charge in [-0.25, -0.2) is 0 Å². The first-order chi connectivity index (χ1) is 10.3. The number of ether oxygens (including phenoxy) is 2. The van der Waals surface area contributed by atoms with E-state index in [2.05, 4.69) is 35.6 Å². The Morgan fingerprint density at radius 1 is 1.10 bits per heavy atom. The molecule has 2 aromatic carbocycles. The van der Waals surface area contributed by atoms with E-state index in [0.29, 0.717) is 0 Å². The van der Waals surface area contributed by atoms with E-state index in [4.69, 9.17) is 9.47 Å². The minimum atomic E-state index is 0.823. The summed E-state index contributed by atoms with van der Waals surface area (Å²) in [6.07, 6.45) is 2.06. The van der Waals surface area contributed by atoms with Crippen molar-refractivity contribution in [2.75, 3.05) is 20.3 Å². The molecule has 0 radical (unpaired) electrons. The average Bonchev–Trinajstić information content (AvgIpc) is 3.00. The predicted octanol–water partition coefficient (Wildman–Crippen LogP) is 2.96. The van der Waals surface area contributed by atoms with Gasteiger partial charge in [0, 0.05) is 13.0 Å². The monoisotopic (exact) mass is 283 g/mol. The van der Waals surface area contributed by atoms with Crippen LogP contribution < -0.4 is 14.8 Å². The second-order valence-electron chi connectivity index (χ2n) is 5.32. The molecule has 0 saturated heterocycles. The molecule has 2 aromatic rings. The normalized spacial score (nSPS) is 12.8. The number of hydrogen-bond donors (Lipinski definition) is 1. The molecule has 0 saturated carbocycles. The van der Waals surface area contributed by atoms with Crippen LogP contribution in [0.5, 0.6) is 11.5 Å². The molecule has 0 fully saturated rings. The van der Waals surface area contributed by atoms with Gasteiger partial charge in [-0.2, -0.15) is 0 Å². The fraction of sp³-hybridized carbons (Fsp3) is 0.333. The number of rotatable bonds is 6. The Hall–Kier alpha value is -2.00. The first kappa shape index (κ1) is 14.0. The van der Waals surface area contributed by atoms with Crippen molar-refractivity contribution < 1.29 is 9.47 Å². The molecule has 3 nitrogen and oxygen atoms in total. The molecule has 1 aliphatic heterocycles. The quantitative estimate of drug-likeness (QED) is 0.827. The minimum Gasteiger partial charge on any atom is -0.497 e. The Bertz CT molecular complexity index is 593. The highest BCUT2D eigenvalue weighted by molar-refractivity contribution is 5.39. The number of benzene rings is 2. The second-order valence-corrected chi connectivity index (χ2v) is 5.32. The zero-order valence-electron chi connectivity index (χ0n) is 12.4. The van der Waals surface area contributed by atoms with E-state index in [1.165, 1.54) is 16.7 Å². The van der Waals surface area contributed by atoms with E-state index in [9.17, 15) is 0 Å². The van der Waals surface area contributed by atoms with Gasteiger partial charge < -0.3 is 14.8 Å². The first-order valence-corrected chi connectivity index (χ1v) is 7.43. The van der Waals surface area contributed by atoms with Crippen LogP contribution >= 0.6 is 0 Å². The zero-order chi connectivity index (χ0) is 14.5. The van der Waals surface area contributed by atoms with Gasteiger partial charge in [0.15, 0.2) is 0 Å². The van der Waals surface area contributed by atoms with Crippen LogP contribution in [0.2, 0.25) is 0 Å². The van der Waals surface area contributed by atoms with Crippen molar-refractivity contribution in [1.82, 2.24) is 5.32 Å². The van der Waals surface area contributed by atoms with Crippen LogP contribution in [-0.2, 0) is 19.4 Å². The standard InChI is InChI=1S/C18H21NO2/c1-20-17-5-2-14(3-6-17)8-10-19-13-15-4-7-18-16(12-15)9-11-21-18/h2-7,12,19H,8-11,13H2,1H3. The maximum absolute atomic E-state index is 5.53. The molecule has 110 valence electrons. The van der Waals surface area contributed by atoms with Gasteiger partial charge >= 0.3 is 0 Å². The Kier molecular flexibility index (Phi) is 4.41. The van der Waals surface area contributed by atoms with E-state index < -0.39 is 0 Å². The van der Waals surface area contributed by atoms with Gasteiger partial charge in [-0.3, -0.25) is 0 Å². The summed E-state index contributed by atoms with van der Waals surface area (Å²) in [6, 6.07) is 14.7. The third-order valence-corrected chi connectivity index (χ3v) is 3.83. The van der Waals surface area contributed by atoms with Crippen LogP contribution in [0.15, 0.2) is 42.5 Å². The summed E-state index contributed by atoms with van der Waals surface area (Å²) in [5, 5.41) is 3.50. The Morgan fingerprint density at radius 2 is 1.90 bits per heavy atom. The van der Waals surface area contributed by atoms with Crippen LogP contribution in [0.25, 0.3) is 0 Å². The Morgan fingerprint density at radius 3 is 2.71 bits per heavy atom. The molecule has 3 rings (SSSR count). The fourth-order valence-corrected chi connectivity index (χ4v) is 2.61. The topological polar surface area (TPSA) is 30.5 Å². The summed E-state index contributed by atoms with van der Waals surface area (Å²) in [5.41, 5.74) is 3.99. The van der Waals surface area contributed by atoms with Crippen molar-refractivity contribution in [3.63, 3.8) is 0 Å². The highest BCUT2D eigenvalue weighted by atomic mass is 16.5. The molecule has 1 aliphatic rings. The summed E-state index contributed by atoms with van der Waals surface area (Å²) in [6.45, 7) is 2.70. The second kappa shape index (κ2) is 6.64. The first-order valence-electron chi connectivity index (χ1n) is 7.43. The number of nitrogens with one attached hydrogen (secondary N) is 1. The van der Waals surface area contributed by atoms with Crippen molar-refractivity contribution in [3.05, 3.63) is 59.2 Å². The molecule has 0 amide bonds. The van der Waals surface area contributed by atoms with Crippen LogP contribution in [0, 0.1) is 0 Å². The van der Waals surface area contributed by atoms with Gasteiger partial charge in [-0.15, -0.1) is 0 Å². The largest absolute Gasteiger partial charge is 0.497 e. The maximum Gasteiger partial charge on any atom is 0.122 e. The van der Waals surface area contributed by atoms with E-state index >= 15 is 0 Å². The summed E-state index contributed by atoms with van der Waals surface area (Å²) in [4.78, 5) is 0. The Labute approximate surface area is 125 Å². The fourth-order valence-electron chi connectivity index (χ4n) is 2.61. The summed E-state index contributed by atoms with van der Waals surface area (Å²) < 4.78 is 10.7. The molecule has 0 aliphatic carbocycles. The maximum atomic E-state index is 5.53. The van der Waals surface area contributed by atoms with Gasteiger partial charge in [0.2, 0.25) is 0 Å². The molecule has 0 atom stereocenters. The van der Waals surface area contributed by atoms with Crippen molar-refractivity contribution >= 4 is 0 Å². The average molecular weight is 283 g/mol. The van der Waals surface area contributed by atoms with E-state index in [1.54, 1.807) is 7.11 Å². The SMILES string of the molecule is COc1ccc(CCNCc2ccc3c(c2)CCO3)cc1. The number of fused-ring (bicyclic) bond motifs is 1. The molecular weight excluding hydrogens is 262 g/mol. The lowest BCUT2D eigenvalue weighted by molar-refractivity contribution is 0.357. The van der Waals surface area contributed by atoms with Gasteiger partial charge in [-0.05, 0) is 47.9 Å². The van der Waals surface area contributed by atoms with Crippen LogP contribution in [0.3, 0.4) is 0 Å². The molecular formula is C18H21NO2. The molecule has 0 bridgehead atoms. The van der Waals surface area contributed by atoms with Gasteiger partial charge in [0.05, 0.1) is 13.7 Å². The van der Waals surface area contributed by atoms with E-state index in [1.807, 2.05) is 12.1 Å². The van der Waals surface area contributed by atoms with E-state index in [0.717, 1.165) is 44.0 Å². The third-order valence-electron chi connectivity index (χ3n) is 3.83. The lowest BCUT2D eigenvalue weighted by atomic mass is 10.1. The lowest BCUT2D eigenvalue weighted by Gasteiger charge is -2.07. The van der Waals surface area contributed by atoms with Crippen molar-refractivity contribution in [2.45, 2.75) is 19.4 Å². The van der Waals surface area contributed by atoms with Crippen molar-refractivity contribution in [3.8, 4) is 11.5 Å². The Balaban J connectivity index is 1.45. The molecule has 3 heteroatoms. The van der Waals surface area contributed by atoms with Crippen LogP contribution in [0.4, 0.5) is 0 Å². The molecule has 21 heavy (non-hydrogen) atoms. The molecule has 1 N–H and O–H groups in total. The van der Waals surface area contributed by atoms with E-state index in [-0.39, 0.29) is 0 Å². The zero-order valence-corrected chi connectivity index (χ0v) is 12.4. The molecule has 0 spiro atoms. The number of hydrogen-bond acceptors (Lipinski definition) is 3. The molecule has 0 aromatic heterocycles. The van der Waals surface area contributed by atoms with Crippen LogP contribution in [-0.4, -0.2) is 20.3 Å². The summed E-state index contributed by atoms with van der Waals surface area (Å²) in [5.74, 6) is 1.96. The smallest absolute Gasteiger partial charge is 0.122 e. The third kappa shape index (κ3) is 3.56. The highest BCUT2D eigenvalue weighted by Gasteiger charge is 2.11. The van der Waals surface area contributed by atoms with Gasteiger partial charge in [-0.1, -0.05) is 24.3 Å². The summed E-state index contributed by atoms with van der Waals surface area (Å²) >= 11 is 0. The highest BCUT2D eigenvalue weighted by Crippen LogP contribution is 2.25. The van der Waals surface area contributed by atoms with Crippen LogP contribution in [0.1, 0.15) is 16.7 Å². The molecule has 1 heterocycles. The van der Waals surface area contributed by atoms with Gasteiger partial charge in [0.1, 0.15) is 11.5 Å². The van der Waals surface area contributed by atoms with Crippen molar-refractivity contribution in [2.24, 2.45) is 0 Å². The number of methoxy groups -OCH3 is 1. The molecule has 0 unspecified atom stereocenters. The van der Waals surface area contributed by atoms with Crippen molar-refractivity contribution in [1.29, 1.82) is 0 Å². The lowest BCUT2D eigenvalue weighted by Crippen LogP contribution is -2.16. The summed E-state index contributed by atoms with van der Waals surface area (Å²) in [7, 11) is 1.69. The van der Waals surface area contributed by atoms with Gasteiger partial charge in [0.25, 0.3) is 0 Å². The predicted molar refractivity (Wildman–Crippen MR) is 84.0 cm³/mol. The minimum absolute atomic E-state index is 0.823.